The molecule has 148 valence electrons. The zero-order valence-corrected chi connectivity index (χ0v) is 16.2. The van der Waals surface area contributed by atoms with Gasteiger partial charge in [0.05, 0.1) is 24.6 Å². The van der Waals surface area contributed by atoms with Crippen LogP contribution < -0.4 is 9.47 Å². The van der Waals surface area contributed by atoms with Crippen LogP contribution in [0.1, 0.15) is 16.1 Å². The third kappa shape index (κ3) is 4.44. The number of aliphatic imine (C=N–C) groups is 1. The highest BCUT2D eigenvalue weighted by Gasteiger charge is 2.19. The largest absolute Gasteiger partial charge is 0.497 e. The van der Waals surface area contributed by atoms with Gasteiger partial charge in [0.25, 0.3) is 0 Å². The molecule has 0 N–H and O–H groups in total. The van der Waals surface area contributed by atoms with E-state index >= 15 is 0 Å². The van der Waals surface area contributed by atoms with Crippen LogP contribution in [0.2, 0.25) is 0 Å². The van der Waals surface area contributed by atoms with E-state index in [1.807, 2.05) is 48.5 Å². The molecule has 0 aliphatic carbocycles. The first-order valence-electron chi connectivity index (χ1n) is 9.24. The molecule has 0 unspecified atom stereocenters. The van der Waals surface area contributed by atoms with E-state index in [-0.39, 0.29) is 5.95 Å². The van der Waals surface area contributed by atoms with Crippen molar-refractivity contribution in [2.24, 2.45) is 4.99 Å². The molecule has 1 heterocycles. The highest BCUT2D eigenvalue weighted by atomic mass is 16.6. The molecule has 0 radical (unpaired) electrons. The van der Waals surface area contributed by atoms with E-state index in [0.717, 1.165) is 11.3 Å². The van der Waals surface area contributed by atoms with E-state index < -0.39 is 5.97 Å². The van der Waals surface area contributed by atoms with Crippen LogP contribution in [0.4, 0.5) is 5.69 Å². The lowest BCUT2D eigenvalue weighted by Crippen LogP contribution is -2.08. The molecule has 0 saturated carbocycles. The fourth-order valence-corrected chi connectivity index (χ4v) is 2.70. The Morgan fingerprint density at radius 1 is 0.933 bits per heavy atom. The number of rotatable bonds is 6. The van der Waals surface area contributed by atoms with Crippen molar-refractivity contribution in [3.05, 3.63) is 96.2 Å². The second-order valence-corrected chi connectivity index (χ2v) is 6.27. The number of aromatic nitrogens is 1. The quantitative estimate of drug-likeness (QED) is 0.325. The average molecular weight is 398 g/mol. The molecule has 30 heavy (non-hydrogen) atoms. The Morgan fingerprint density at radius 3 is 2.27 bits per heavy atom. The normalized spacial score (nSPS) is 10.8. The van der Waals surface area contributed by atoms with Gasteiger partial charge >= 0.3 is 11.9 Å². The van der Waals surface area contributed by atoms with Gasteiger partial charge in [-0.1, -0.05) is 36.4 Å². The van der Waals surface area contributed by atoms with E-state index in [1.165, 1.54) is 6.21 Å². The fourth-order valence-electron chi connectivity index (χ4n) is 2.70. The van der Waals surface area contributed by atoms with Gasteiger partial charge < -0.3 is 13.9 Å². The molecule has 0 fully saturated rings. The molecule has 4 rings (SSSR count). The number of ether oxygens (including phenoxy) is 2. The number of nitrogens with zero attached hydrogens (tertiary/aromatic N) is 2. The van der Waals surface area contributed by atoms with Crippen molar-refractivity contribution in [1.29, 1.82) is 0 Å². The molecule has 0 saturated heterocycles. The Morgan fingerprint density at radius 2 is 1.60 bits per heavy atom. The molecular weight excluding hydrogens is 380 g/mol. The zero-order chi connectivity index (χ0) is 20.8. The summed E-state index contributed by atoms with van der Waals surface area (Å²) in [5, 5.41) is 0. The molecule has 0 atom stereocenters. The minimum absolute atomic E-state index is 0.0139. The maximum atomic E-state index is 12.5. The van der Waals surface area contributed by atoms with Gasteiger partial charge in [-0.05, 0) is 48.5 Å². The highest BCUT2D eigenvalue weighted by molar-refractivity contribution is 5.92. The summed E-state index contributed by atoms with van der Waals surface area (Å²) in [5.41, 5.74) is 2.18. The molecule has 0 spiro atoms. The number of carbonyl (C=O) groups is 1. The van der Waals surface area contributed by atoms with Crippen LogP contribution in [0.5, 0.6) is 11.7 Å². The smallest absolute Gasteiger partial charge is 0.345 e. The number of oxazole rings is 1. The minimum Gasteiger partial charge on any atom is -0.497 e. The van der Waals surface area contributed by atoms with E-state index in [0.29, 0.717) is 22.8 Å². The third-order valence-corrected chi connectivity index (χ3v) is 4.24. The fraction of sp³-hybridized carbons (Fsp3) is 0.0417. The van der Waals surface area contributed by atoms with Crippen LogP contribution in [0.15, 0.2) is 94.3 Å². The van der Waals surface area contributed by atoms with E-state index in [9.17, 15) is 4.79 Å². The number of methoxy groups -OCH3 is 1. The van der Waals surface area contributed by atoms with Gasteiger partial charge in [0.15, 0.2) is 5.69 Å². The van der Waals surface area contributed by atoms with E-state index in [2.05, 4.69) is 9.98 Å². The number of esters is 1. The van der Waals surface area contributed by atoms with Gasteiger partial charge in [0.1, 0.15) is 5.75 Å². The van der Waals surface area contributed by atoms with Crippen LogP contribution in [0.25, 0.3) is 11.5 Å². The Labute approximate surface area is 173 Å². The van der Waals surface area contributed by atoms with Crippen molar-refractivity contribution >= 4 is 17.9 Å². The maximum absolute atomic E-state index is 12.5. The van der Waals surface area contributed by atoms with E-state index in [4.69, 9.17) is 13.9 Å². The second kappa shape index (κ2) is 8.87. The van der Waals surface area contributed by atoms with Crippen LogP contribution in [-0.2, 0) is 0 Å². The van der Waals surface area contributed by atoms with E-state index in [1.54, 1.807) is 43.5 Å². The Bertz CT molecular complexity index is 1150. The predicted molar refractivity (Wildman–Crippen MR) is 114 cm³/mol. The van der Waals surface area contributed by atoms with Gasteiger partial charge in [-0.3, -0.25) is 4.99 Å². The molecular formula is C24H18N2O4. The molecule has 0 amide bonds. The van der Waals surface area contributed by atoms with Crippen molar-refractivity contribution in [2.75, 3.05) is 7.11 Å². The second-order valence-electron chi connectivity index (χ2n) is 6.27. The number of hydrogen-bond donors (Lipinski definition) is 0. The van der Waals surface area contributed by atoms with Gasteiger partial charge in [0, 0.05) is 5.56 Å². The Hall–Kier alpha value is -4.19. The lowest BCUT2D eigenvalue weighted by atomic mass is 10.2. The number of carbonyl (C=O) groups excluding carboxylic acids is 1. The molecule has 1 aromatic heterocycles. The maximum Gasteiger partial charge on any atom is 0.345 e. The molecule has 4 aromatic rings. The van der Waals surface area contributed by atoms with Crippen LogP contribution in [0.3, 0.4) is 0 Å². The summed E-state index contributed by atoms with van der Waals surface area (Å²) < 4.78 is 16.4. The van der Waals surface area contributed by atoms with Gasteiger partial charge in [0.2, 0.25) is 5.89 Å². The third-order valence-electron chi connectivity index (χ3n) is 4.24. The predicted octanol–water partition coefficient (Wildman–Crippen LogP) is 5.32. The Balaban J connectivity index is 1.65. The summed E-state index contributed by atoms with van der Waals surface area (Å²) in [4.78, 5) is 21.4. The summed E-state index contributed by atoms with van der Waals surface area (Å²) in [5.74, 6) is 0.521. The van der Waals surface area contributed by atoms with Crippen molar-refractivity contribution in [3.8, 4) is 23.1 Å². The van der Waals surface area contributed by atoms with Crippen molar-refractivity contribution in [1.82, 2.24) is 4.98 Å². The first-order chi connectivity index (χ1) is 14.7. The monoisotopic (exact) mass is 398 g/mol. The standard InChI is InChI=1S/C24H18N2O4/c1-28-20-14-12-19(13-15-20)25-16-21-24(30-23(27)18-10-6-3-7-11-18)29-22(26-21)17-8-4-2-5-9-17/h2-16H,1H3. The van der Waals surface area contributed by atoms with Crippen LogP contribution in [-0.4, -0.2) is 24.3 Å². The first kappa shape index (κ1) is 19.1. The molecule has 6 heteroatoms. The van der Waals surface area contributed by atoms with Gasteiger partial charge in [-0.2, -0.15) is 0 Å². The number of hydrogen-bond acceptors (Lipinski definition) is 6. The first-order valence-corrected chi connectivity index (χ1v) is 9.24. The summed E-state index contributed by atoms with van der Waals surface area (Å²) in [6.07, 6.45) is 1.51. The highest BCUT2D eigenvalue weighted by Crippen LogP contribution is 2.28. The summed E-state index contributed by atoms with van der Waals surface area (Å²) in [6, 6.07) is 25.3. The van der Waals surface area contributed by atoms with Crippen molar-refractivity contribution in [3.63, 3.8) is 0 Å². The van der Waals surface area contributed by atoms with Crippen molar-refractivity contribution in [2.45, 2.75) is 0 Å². The molecule has 6 nitrogen and oxygen atoms in total. The summed E-state index contributed by atoms with van der Waals surface area (Å²) >= 11 is 0. The summed E-state index contributed by atoms with van der Waals surface area (Å²) in [7, 11) is 1.60. The van der Waals surface area contributed by atoms with Crippen LogP contribution >= 0.6 is 0 Å². The van der Waals surface area contributed by atoms with Crippen molar-refractivity contribution < 1.29 is 18.7 Å². The summed E-state index contributed by atoms with van der Waals surface area (Å²) in [6.45, 7) is 0. The topological polar surface area (TPSA) is 73.9 Å². The lowest BCUT2D eigenvalue weighted by molar-refractivity contribution is 0.0695. The molecule has 0 aliphatic rings. The van der Waals surface area contributed by atoms with Gasteiger partial charge in [-0.15, -0.1) is 0 Å². The average Bonchev–Trinajstić information content (AvgIpc) is 3.21. The lowest BCUT2D eigenvalue weighted by Gasteiger charge is -2.01. The number of benzene rings is 3. The van der Waals surface area contributed by atoms with Gasteiger partial charge in [-0.25, -0.2) is 9.78 Å². The Kier molecular flexibility index (Phi) is 5.66. The minimum atomic E-state index is -0.537. The molecule has 3 aromatic carbocycles. The van der Waals surface area contributed by atoms with Crippen LogP contribution in [0, 0.1) is 0 Å². The molecule has 0 aliphatic heterocycles. The SMILES string of the molecule is COc1ccc(N=Cc2nc(-c3ccccc3)oc2OC(=O)c2ccccc2)cc1. The molecule has 0 bridgehead atoms. The zero-order valence-electron chi connectivity index (χ0n) is 16.2.